The number of rotatable bonds is 5. The predicted molar refractivity (Wildman–Crippen MR) is 102 cm³/mol. The molecule has 1 aromatic carbocycles. The highest BCUT2D eigenvalue weighted by molar-refractivity contribution is 5.71. The zero-order valence-electron chi connectivity index (χ0n) is 15.0. The maximum Gasteiger partial charge on any atom is -0.0227 e. The van der Waals surface area contributed by atoms with E-state index in [0.29, 0.717) is 0 Å². The highest BCUT2D eigenvalue weighted by Crippen LogP contribution is 2.35. The van der Waals surface area contributed by atoms with Crippen LogP contribution in [0.2, 0.25) is 0 Å². The van der Waals surface area contributed by atoms with E-state index < -0.39 is 0 Å². The Bertz CT molecular complexity index is 558. The van der Waals surface area contributed by atoms with Gasteiger partial charge in [-0.15, -0.1) is 0 Å². The Morgan fingerprint density at radius 3 is 1.70 bits per heavy atom. The maximum absolute atomic E-state index is 2.50. The monoisotopic (exact) mass is 308 g/mol. The van der Waals surface area contributed by atoms with E-state index in [4.69, 9.17) is 0 Å². The molecule has 2 aliphatic carbocycles. The van der Waals surface area contributed by atoms with Gasteiger partial charge in [0.05, 0.1) is 0 Å². The highest BCUT2D eigenvalue weighted by atomic mass is 14.2. The first kappa shape index (κ1) is 16.6. The topological polar surface area (TPSA) is 0 Å². The Kier molecular flexibility index (Phi) is 5.75. The molecule has 0 aliphatic heterocycles. The summed E-state index contributed by atoms with van der Waals surface area (Å²) in [6.45, 7) is 4.63. The van der Waals surface area contributed by atoms with Gasteiger partial charge < -0.3 is 0 Å². The first-order valence-corrected chi connectivity index (χ1v) is 9.79. The lowest BCUT2D eigenvalue weighted by molar-refractivity contribution is 0.445. The van der Waals surface area contributed by atoms with Crippen LogP contribution in [-0.4, -0.2) is 0 Å². The summed E-state index contributed by atoms with van der Waals surface area (Å²) in [4.78, 5) is 0. The van der Waals surface area contributed by atoms with E-state index in [9.17, 15) is 0 Å². The number of allylic oxidation sites excluding steroid dienone is 4. The Morgan fingerprint density at radius 2 is 1.30 bits per heavy atom. The van der Waals surface area contributed by atoms with Gasteiger partial charge >= 0.3 is 0 Å². The molecule has 0 N–H and O–H groups in total. The minimum atomic E-state index is 0.918. The van der Waals surface area contributed by atoms with Crippen LogP contribution in [0.15, 0.2) is 36.4 Å². The van der Waals surface area contributed by atoms with Crippen LogP contribution in [0.1, 0.15) is 82.8 Å². The molecule has 0 fully saturated rings. The molecule has 2 unspecified atom stereocenters. The van der Waals surface area contributed by atoms with Gasteiger partial charge in [0.25, 0.3) is 0 Å². The number of hydrogen-bond acceptors (Lipinski definition) is 0. The average Bonchev–Trinajstić information content (AvgIpc) is 2.63. The molecule has 2 aliphatic rings. The fraction of sp³-hybridized carbons (Fsp3) is 0.565. The molecule has 1 aromatic rings. The quantitative estimate of drug-likeness (QED) is 0.536. The molecular formula is C23H32. The summed E-state index contributed by atoms with van der Waals surface area (Å²) >= 11 is 0. The van der Waals surface area contributed by atoms with Gasteiger partial charge in [0.2, 0.25) is 0 Å². The molecule has 23 heavy (non-hydrogen) atoms. The first-order valence-electron chi connectivity index (χ1n) is 9.79. The summed E-state index contributed by atoms with van der Waals surface area (Å²) in [6.07, 6.45) is 16.9. The van der Waals surface area contributed by atoms with Gasteiger partial charge in [-0.1, -0.05) is 69.5 Å². The molecule has 0 spiro atoms. The van der Waals surface area contributed by atoms with Gasteiger partial charge in [0, 0.05) is 0 Å². The summed E-state index contributed by atoms with van der Waals surface area (Å²) in [5.74, 6) is 1.85. The Balaban J connectivity index is 1.65. The van der Waals surface area contributed by atoms with Crippen molar-refractivity contribution < 1.29 is 0 Å². The standard InChI is InChI=1S/C23H32/c1-3-5-19-8-12-21(13-9-19)23-16-14-22(15-17-23)20-10-6-18(4-2)7-11-20/h10,12,14-19H,3-9,11,13H2,1-2H3. The summed E-state index contributed by atoms with van der Waals surface area (Å²) < 4.78 is 0. The van der Waals surface area contributed by atoms with Crippen LogP contribution in [0.3, 0.4) is 0 Å². The van der Waals surface area contributed by atoms with Crippen molar-refractivity contribution in [2.45, 2.75) is 71.6 Å². The van der Waals surface area contributed by atoms with Crippen LogP contribution in [-0.2, 0) is 0 Å². The number of benzene rings is 1. The molecule has 0 heteroatoms. The minimum Gasteiger partial charge on any atom is -0.0804 e. The van der Waals surface area contributed by atoms with Gasteiger partial charge in [-0.25, -0.2) is 0 Å². The second kappa shape index (κ2) is 7.99. The van der Waals surface area contributed by atoms with Crippen LogP contribution in [0.25, 0.3) is 11.1 Å². The van der Waals surface area contributed by atoms with Gasteiger partial charge in [0.15, 0.2) is 0 Å². The minimum absolute atomic E-state index is 0.918. The van der Waals surface area contributed by atoms with Crippen molar-refractivity contribution in [2.24, 2.45) is 11.8 Å². The number of hydrogen-bond donors (Lipinski definition) is 0. The molecule has 0 bridgehead atoms. The van der Waals surface area contributed by atoms with Crippen molar-refractivity contribution in [2.75, 3.05) is 0 Å². The Morgan fingerprint density at radius 1 is 0.783 bits per heavy atom. The second-order valence-electron chi connectivity index (χ2n) is 7.51. The summed E-state index contributed by atoms with van der Waals surface area (Å²) in [7, 11) is 0. The molecular weight excluding hydrogens is 276 g/mol. The van der Waals surface area contributed by atoms with Crippen molar-refractivity contribution in [1.82, 2.24) is 0 Å². The third kappa shape index (κ3) is 4.16. The summed E-state index contributed by atoms with van der Waals surface area (Å²) in [5, 5.41) is 0. The van der Waals surface area contributed by atoms with Crippen LogP contribution >= 0.6 is 0 Å². The third-order valence-corrected chi connectivity index (χ3v) is 5.94. The van der Waals surface area contributed by atoms with Gasteiger partial charge in [-0.05, 0) is 72.6 Å². The van der Waals surface area contributed by atoms with Crippen LogP contribution in [0.5, 0.6) is 0 Å². The molecule has 2 atom stereocenters. The second-order valence-corrected chi connectivity index (χ2v) is 7.51. The summed E-state index contributed by atoms with van der Waals surface area (Å²) in [5.41, 5.74) is 6.05. The third-order valence-electron chi connectivity index (χ3n) is 5.94. The Labute approximate surface area is 142 Å². The van der Waals surface area contributed by atoms with Gasteiger partial charge in [0.1, 0.15) is 0 Å². The van der Waals surface area contributed by atoms with E-state index in [-0.39, 0.29) is 0 Å². The lowest BCUT2D eigenvalue weighted by Gasteiger charge is -2.22. The van der Waals surface area contributed by atoms with E-state index in [1.54, 1.807) is 11.1 Å². The zero-order valence-corrected chi connectivity index (χ0v) is 15.0. The molecule has 0 aromatic heterocycles. The smallest absolute Gasteiger partial charge is 0.0227 e. The fourth-order valence-electron chi connectivity index (χ4n) is 4.24. The molecule has 0 saturated heterocycles. The van der Waals surface area contributed by atoms with Crippen LogP contribution in [0, 0.1) is 11.8 Å². The van der Waals surface area contributed by atoms with E-state index >= 15 is 0 Å². The molecule has 3 rings (SSSR count). The van der Waals surface area contributed by atoms with Crippen LogP contribution < -0.4 is 0 Å². The molecule has 0 nitrogen and oxygen atoms in total. The first-order chi connectivity index (χ1) is 11.3. The van der Waals surface area contributed by atoms with Gasteiger partial charge in [-0.3, -0.25) is 0 Å². The van der Waals surface area contributed by atoms with E-state index in [1.165, 1.54) is 68.9 Å². The molecule has 124 valence electrons. The molecule has 0 heterocycles. The van der Waals surface area contributed by atoms with Crippen molar-refractivity contribution in [1.29, 1.82) is 0 Å². The molecule has 0 radical (unpaired) electrons. The molecule has 0 amide bonds. The zero-order chi connectivity index (χ0) is 16.1. The lowest BCUT2D eigenvalue weighted by atomic mass is 9.83. The average molecular weight is 309 g/mol. The van der Waals surface area contributed by atoms with Crippen molar-refractivity contribution in [3.63, 3.8) is 0 Å². The normalized spacial score (nSPS) is 25.0. The van der Waals surface area contributed by atoms with Crippen LogP contribution in [0.4, 0.5) is 0 Å². The van der Waals surface area contributed by atoms with Crippen molar-refractivity contribution in [3.05, 3.63) is 47.5 Å². The molecule has 0 saturated carbocycles. The van der Waals surface area contributed by atoms with E-state index in [2.05, 4.69) is 50.3 Å². The van der Waals surface area contributed by atoms with Crippen molar-refractivity contribution in [3.8, 4) is 0 Å². The lowest BCUT2D eigenvalue weighted by Crippen LogP contribution is -2.05. The maximum atomic E-state index is 2.50. The predicted octanol–water partition coefficient (Wildman–Crippen LogP) is 7.26. The summed E-state index contributed by atoms with van der Waals surface area (Å²) in [6, 6.07) is 9.42. The fourth-order valence-corrected chi connectivity index (χ4v) is 4.24. The largest absolute Gasteiger partial charge is 0.0804 e. The SMILES string of the molecule is CCCC1CC=C(c2ccc(C3=CCC(CC)CC3)cc2)CC1. The van der Waals surface area contributed by atoms with Gasteiger partial charge in [-0.2, -0.15) is 0 Å². The van der Waals surface area contributed by atoms with E-state index in [0.717, 1.165) is 11.8 Å². The highest BCUT2D eigenvalue weighted by Gasteiger charge is 2.16. The van der Waals surface area contributed by atoms with Crippen molar-refractivity contribution >= 4 is 11.1 Å². The Hall–Kier alpha value is -1.30. The van der Waals surface area contributed by atoms with E-state index in [1.807, 2.05) is 0 Å².